The first kappa shape index (κ1) is 22.6. The zero-order valence-electron chi connectivity index (χ0n) is 19.3. The SMILES string of the molecule is CNc1cccc(CN(C(=O)c2ccc3nc(N)c4cnn(C)c4c3c2)N(C)C(C)=O)c1N=N. The van der Waals surface area contributed by atoms with E-state index in [1.54, 1.807) is 61.4 Å². The molecular formula is C23H25N9O2. The first-order valence-electron chi connectivity index (χ1n) is 10.5. The van der Waals surface area contributed by atoms with Crippen LogP contribution in [0.25, 0.3) is 21.8 Å². The summed E-state index contributed by atoms with van der Waals surface area (Å²) in [4.78, 5) is 30.4. The highest BCUT2D eigenvalue weighted by Crippen LogP contribution is 2.31. The molecule has 0 aliphatic heterocycles. The van der Waals surface area contributed by atoms with Crippen LogP contribution in [0.4, 0.5) is 17.2 Å². The number of nitrogens with one attached hydrogen (secondary N) is 2. The Morgan fingerprint density at radius 1 is 1.24 bits per heavy atom. The number of nitrogens with two attached hydrogens (primary N) is 1. The predicted molar refractivity (Wildman–Crippen MR) is 130 cm³/mol. The Hall–Kier alpha value is -4.54. The molecule has 0 atom stereocenters. The lowest BCUT2D eigenvalue weighted by Gasteiger charge is -2.31. The summed E-state index contributed by atoms with van der Waals surface area (Å²) in [5.41, 5.74) is 17.1. The normalized spacial score (nSPS) is 10.9. The lowest BCUT2D eigenvalue weighted by molar-refractivity contribution is -0.140. The van der Waals surface area contributed by atoms with Gasteiger partial charge in [0.25, 0.3) is 5.91 Å². The maximum atomic E-state index is 13.7. The third-order valence-corrected chi connectivity index (χ3v) is 5.83. The van der Waals surface area contributed by atoms with E-state index in [1.165, 1.54) is 24.0 Å². The monoisotopic (exact) mass is 459 g/mol. The molecule has 11 nitrogen and oxygen atoms in total. The number of para-hydroxylation sites is 1. The van der Waals surface area contributed by atoms with Crippen LogP contribution < -0.4 is 11.1 Å². The van der Waals surface area contributed by atoms with Crippen molar-refractivity contribution in [2.24, 2.45) is 12.2 Å². The number of aryl methyl sites for hydroxylation is 1. The Labute approximate surface area is 195 Å². The summed E-state index contributed by atoms with van der Waals surface area (Å²) < 4.78 is 1.69. The first-order valence-corrected chi connectivity index (χ1v) is 10.5. The number of rotatable bonds is 5. The number of hydrogen-bond donors (Lipinski definition) is 3. The smallest absolute Gasteiger partial charge is 0.272 e. The number of nitrogen functional groups attached to an aromatic ring is 1. The molecule has 2 aromatic heterocycles. The number of nitrogens with zero attached hydrogens (tertiary/aromatic N) is 6. The Balaban J connectivity index is 1.82. The predicted octanol–water partition coefficient (Wildman–Crippen LogP) is 3.44. The summed E-state index contributed by atoms with van der Waals surface area (Å²) in [6, 6.07) is 10.5. The van der Waals surface area contributed by atoms with Gasteiger partial charge < -0.3 is 11.1 Å². The number of aromatic nitrogens is 3. The summed E-state index contributed by atoms with van der Waals surface area (Å²) in [7, 11) is 5.06. The molecule has 0 saturated carbocycles. The molecule has 2 amide bonds. The van der Waals surface area contributed by atoms with Crippen molar-refractivity contribution in [2.45, 2.75) is 13.5 Å². The van der Waals surface area contributed by atoms with E-state index in [1.807, 2.05) is 0 Å². The fourth-order valence-electron chi connectivity index (χ4n) is 3.94. The van der Waals surface area contributed by atoms with Crippen LogP contribution in [-0.4, -0.2) is 50.7 Å². The van der Waals surface area contributed by atoms with E-state index in [-0.39, 0.29) is 12.5 Å². The van der Waals surface area contributed by atoms with Crippen molar-refractivity contribution in [3.05, 3.63) is 53.7 Å². The quantitative estimate of drug-likeness (QED) is 0.308. The third-order valence-electron chi connectivity index (χ3n) is 5.83. The van der Waals surface area contributed by atoms with Crippen LogP contribution in [0.5, 0.6) is 0 Å². The molecule has 11 heteroatoms. The molecule has 0 aliphatic rings. The second-order valence-electron chi connectivity index (χ2n) is 7.84. The zero-order chi connectivity index (χ0) is 24.6. The van der Waals surface area contributed by atoms with Gasteiger partial charge >= 0.3 is 0 Å². The summed E-state index contributed by atoms with van der Waals surface area (Å²) in [5, 5.41) is 14.9. The Morgan fingerprint density at radius 2 is 2.00 bits per heavy atom. The van der Waals surface area contributed by atoms with E-state index in [0.717, 1.165) is 10.9 Å². The van der Waals surface area contributed by atoms with Gasteiger partial charge in [-0.2, -0.15) is 10.2 Å². The van der Waals surface area contributed by atoms with Gasteiger partial charge in [-0.25, -0.2) is 15.5 Å². The lowest BCUT2D eigenvalue weighted by atomic mass is 10.1. The third kappa shape index (κ3) is 3.76. The van der Waals surface area contributed by atoms with Crippen LogP contribution >= 0.6 is 0 Å². The number of pyridine rings is 1. The first-order chi connectivity index (χ1) is 16.3. The van der Waals surface area contributed by atoms with Crippen LogP contribution in [0.1, 0.15) is 22.8 Å². The van der Waals surface area contributed by atoms with Gasteiger partial charge in [0.05, 0.1) is 34.8 Å². The van der Waals surface area contributed by atoms with Gasteiger partial charge in [-0.15, -0.1) is 0 Å². The topological polar surface area (TPSA) is 146 Å². The van der Waals surface area contributed by atoms with Crippen LogP contribution in [0.3, 0.4) is 0 Å². The van der Waals surface area contributed by atoms with Crippen molar-refractivity contribution >= 4 is 50.8 Å². The van der Waals surface area contributed by atoms with E-state index in [2.05, 4.69) is 20.5 Å². The van der Waals surface area contributed by atoms with Crippen molar-refractivity contribution in [1.82, 2.24) is 24.8 Å². The lowest BCUT2D eigenvalue weighted by Crippen LogP contribution is -2.46. The largest absolute Gasteiger partial charge is 0.386 e. The molecule has 2 heterocycles. The Bertz CT molecular complexity index is 1440. The van der Waals surface area contributed by atoms with Crippen molar-refractivity contribution in [2.75, 3.05) is 25.1 Å². The second-order valence-corrected chi connectivity index (χ2v) is 7.84. The standard InChI is InChI=1S/C23H25N9O2/c1-13(33)31(4)32(12-15-6-5-7-19(26-2)20(15)29-25)23(34)14-8-9-18-16(10-14)21-17(22(24)28-18)11-27-30(21)3/h5-11,25-26H,12H2,1-4H3,(H2,24,28). The minimum absolute atomic E-state index is 0.0429. The van der Waals surface area contributed by atoms with Crippen LogP contribution in [0.2, 0.25) is 0 Å². The number of anilines is 2. The summed E-state index contributed by atoms with van der Waals surface area (Å²) in [6.45, 7) is 1.42. The number of benzene rings is 2. The average molecular weight is 460 g/mol. The summed E-state index contributed by atoms with van der Waals surface area (Å²) in [6.07, 6.45) is 1.64. The van der Waals surface area contributed by atoms with Crippen molar-refractivity contribution in [3.8, 4) is 0 Å². The Morgan fingerprint density at radius 3 is 2.68 bits per heavy atom. The van der Waals surface area contributed by atoms with E-state index < -0.39 is 5.91 Å². The number of fused-ring (bicyclic) bond motifs is 3. The van der Waals surface area contributed by atoms with Crippen LogP contribution in [0.15, 0.2) is 47.7 Å². The summed E-state index contributed by atoms with van der Waals surface area (Å²) in [5.74, 6) is -0.340. The van der Waals surface area contributed by atoms with E-state index in [9.17, 15) is 9.59 Å². The van der Waals surface area contributed by atoms with E-state index >= 15 is 0 Å². The van der Waals surface area contributed by atoms with Crippen molar-refractivity contribution in [3.63, 3.8) is 0 Å². The number of hydrogen-bond acceptors (Lipinski definition) is 8. The highest BCUT2D eigenvalue weighted by molar-refractivity contribution is 6.10. The molecule has 2 aromatic carbocycles. The number of carbonyl (C=O) groups excluding carboxylic acids is 2. The van der Waals surface area contributed by atoms with Gasteiger partial charge in [0.15, 0.2) is 0 Å². The van der Waals surface area contributed by atoms with Gasteiger partial charge in [-0.05, 0) is 24.3 Å². The summed E-state index contributed by atoms with van der Waals surface area (Å²) >= 11 is 0. The molecule has 0 unspecified atom stereocenters. The number of hydrazine groups is 1. The molecule has 4 aromatic rings. The number of amides is 2. The van der Waals surface area contributed by atoms with Gasteiger partial charge in [-0.3, -0.25) is 19.3 Å². The molecule has 0 aliphatic carbocycles. The molecule has 174 valence electrons. The second kappa shape index (κ2) is 8.77. The van der Waals surface area contributed by atoms with Crippen molar-refractivity contribution in [1.29, 1.82) is 5.53 Å². The molecule has 4 N–H and O–H groups in total. The molecule has 0 saturated heterocycles. The average Bonchev–Trinajstić information content (AvgIpc) is 3.23. The van der Waals surface area contributed by atoms with Gasteiger partial charge in [-0.1, -0.05) is 12.1 Å². The van der Waals surface area contributed by atoms with Gasteiger partial charge in [0.2, 0.25) is 5.91 Å². The highest BCUT2D eigenvalue weighted by atomic mass is 16.2. The van der Waals surface area contributed by atoms with Gasteiger partial charge in [0.1, 0.15) is 11.5 Å². The highest BCUT2D eigenvalue weighted by Gasteiger charge is 2.25. The van der Waals surface area contributed by atoms with Crippen molar-refractivity contribution < 1.29 is 9.59 Å². The molecule has 0 radical (unpaired) electrons. The molecule has 0 fully saturated rings. The molecule has 34 heavy (non-hydrogen) atoms. The van der Waals surface area contributed by atoms with E-state index in [4.69, 9.17) is 11.3 Å². The van der Waals surface area contributed by atoms with Crippen LogP contribution in [-0.2, 0) is 18.4 Å². The minimum Gasteiger partial charge on any atom is -0.386 e. The maximum Gasteiger partial charge on any atom is 0.272 e. The number of carbonyl (C=O) groups is 2. The zero-order valence-corrected chi connectivity index (χ0v) is 19.3. The molecule has 0 spiro atoms. The molecule has 4 rings (SSSR count). The molecular weight excluding hydrogens is 434 g/mol. The fraction of sp³-hybridized carbons (Fsp3) is 0.217. The minimum atomic E-state index is -0.391. The van der Waals surface area contributed by atoms with Gasteiger partial charge in [0, 0.05) is 44.6 Å². The molecule has 0 bridgehead atoms. The van der Waals surface area contributed by atoms with E-state index in [0.29, 0.717) is 39.2 Å². The van der Waals surface area contributed by atoms with Crippen LogP contribution in [0, 0.1) is 5.53 Å². The fourth-order valence-corrected chi connectivity index (χ4v) is 3.94. The Kier molecular flexibility index (Phi) is 5.84. The maximum absolute atomic E-state index is 13.7.